The van der Waals surface area contributed by atoms with E-state index in [1.165, 1.54) is 12.1 Å². The Morgan fingerprint density at radius 3 is 2.74 bits per heavy atom. The van der Waals surface area contributed by atoms with Gasteiger partial charge in [0.15, 0.2) is 11.2 Å². The van der Waals surface area contributed by atoms with Gasteiger partial charge in [-0.15, -0.1) is 0 Å². The average molecular weight is 318 g/mol. The van der Waals surface area contributed by atoms with Crippen molar-refractivity contribution in [2.75, 3.05) is 6.61 Å². The highest BCUT2D eigenvalue weighted by Gasteiger charge is 2.82. The van der Waals surface area contributed by atoms with Crippen LogP contribution in [0.3, 0.4) is 0 Å². The number of ether oxygens (including phenoxy) is 3. The second-order valence-corrected chi connectivity index (χ2v) is 6.91. The average Bonchev–Trinajstić information content (AvgIpc) is 2.90. The van der Waals surface area contributed by atoms with Gasteiger partial charge >= 0.3 is 11.9 Å². The molecule has 1 aliphatic carbocycles. The molecular weight excluding hydrogens is 304 g/mol. The van der Waals surface area contributed by atoms with E-state index in [0.717, 1.165) is 0 Å². The van der Waals surface area contributed by atoms with Crippen molar-refractivity contribution < 1.29 is 34.0 Å². The molecule has 2 N–H and O–H groups in total. The largest absolute Gasteiger partial charge is 0.508 e. The molecule has 0 spiro atoms. The van der Waals surface area contributed by atoms with Crippen LogP contribution in [0.4, 0.5) is 0 Å². The highest BCUT2D eigenvalue weighted by atomic mass is 16.6. The second kappa shape index (κ2) is 3.62. The van der Waals surface area contributed by atoms with E-state index in [1.807, 2.05) is 0 Å². The van der Waals surface area contributed by atoms with Crippen LogP contribution in [-0.4, -0.2) is 45.6 Å². The third kappa shape index (κ3) is 1.35. The van der Waals surface area contributed by atoms with Gasteiger partial charge in [-0.25, -0.2) is 0 Å². The van der Waals surface area contributed by atoms with Gasteiger partial charge in [0.25, 0.3) is 0 Å². The van der Waals surface area contributed by atoms with Crippen LogP contribution in [0.2, 0.25) is 0 Å². The van der Waals surface area contributed by atoms with Crippen LogP contribution < -0.4 is 4.74 Å². The molecule has 1 aromatic rings. The summed E-state index contributed by atoms with van der Waals surface area (Å²) >= 11 is 0. The molecule has 3 aliphatic heterocycles. The van der Waals surface area contributed by atoms with Crippen molar-refractivity contribution in [2.24, 2.45) is 0 Å². The Labute approximate surface area is 130 Å². The molecule has 3 heterocycles. The summed E-state index contributed by atoms with van der Waals surface area (Å²) < 4.78 is 16.7. The van der Waals surface area contributed by atoms with Gasteiger partial charge in [0, 0.05) is 18.1 Å². The van der Waals surface area contributed by atoms with Crippen molar-refractivity contribution in [1.29, 1.82) is 0 Å². The van der Waals surface area contributed by atoms with E-state index in [0.29, 0.717) is 11.3 Å². The summed E-state index contributed by atoms with van der Waals surface area (Å²) in [5.41, 5.74) is -3.01. The highest BCUT2D eigenvalue weighted by Crippen LogP contribution is 2.68. The summed E-state index contributed by atoms with van der Waals surface area (Å²) in [6.07, 6.45) is -0.0283. The molecule has 1 aromatic carbocycles. The van der Waals surface area contributed by atoms with Crippen LogP contribution in [0, 0.1) is 0 Å². The van der Waals surface area contributed by atoms with E-state index in [9.17, 15) is 19.8 Å². The predicted octanol–water partition coefficient (Wildman–Crippen LogP) is 0.374. The van der Waals surface area contributed by atoms with Gasteiger partial charge in [-0.1, -0.05) is 6.07 Å². The molecule has 0 bridgehead atoms. The number of esters is 2. The molecule has 4 atom stereocenters. The Kier molecular flexibility index (Phi) is 2.07. The number of phenols is 1. The Bertz CT molecular complexity index is 750. The smallest absolute Gasteiger partial charge is 0.310 e. The van der Waals surface area contributed by atoms with Gasteiger partial charge in [0.1, 0.15) is 23.7 Å². The number of hydrogen-bond donors (Lipinski definition) is 2. The first-order valence-corrected chi connectivity index (χ1v) is 7.49. The maximum atomic E-state index is 11.9. The van der Waals surface area contributed by atoms with Gasteiger partial charge < -0.3 is 24.4 Å². The van der Waals surface area contributed by atoms with Crippen molar-refractivity contribution in [3.8, 4) is 11.5 Å². The topological polar surface area (TPSA) is 102 Å². The van der Waals surface area contributed by atoms with E-state index in [1.54, 1.807) is 6.07 Å². The number of rotatable bonds is 0. The molecule has 3 fully saturated rings. The van der Waals surface area contributed by atoms with Crippen molar-refractivity contribution in [1.82, 2.24) is 0 Å². The van der Waals surface area contributed by atoms with E-state index in [-0.39, 0.29) is 31.6 Å². The summed E-state index contributed by atoms with van der Waals surface area (Å²) in [5.74, 6) is -1.01. The maximum Gasteiger partial charge on any atom is 0.310 e. The van der Waals surface area contributed by atoms with Crippen molar-refractivity contribution in [2.45, 2.75) is 42.0 Å². The van der Waals surface area contributed by atoms with Crippen LogP contribution in [0.1, 0.15) is 30.7 Å². The first-order chi connectivity index (χ1) is 10.9. The summed E-state index contributed by atoms with van der Waals surface area (Å²) in [6, 6.07) is 4.58. The van der Waals surface area contributed by atoms with Crippen LogP contribution in [-0.2, 0) is 19.1 Å². The third-order valence-corrected chi connectivity index (χ3v) is 5.59. The zero-order valence-corrected chi connectivity index (χ0v) is 12.1. The molecule has 0 radical (unpaired) electrons. The first kappa shape index (κ1) is 13.2. The van der Waals surface area contributed by atoms with Crippen molar-refractivity contribution in [3.05, 3.63) is 23.8 Å². The molecule has 0 amide bonds. The number of carbonyl (C=O) groups excluding carboxylic acids is 2. The van der Waals surface area contributed by atoms with E-state index >= 15 is 0 Å². The minimum absolute atomic E-state index is 0.00722. The molecule has 23 heavy (non-hydrogen) atoms. The number of benzene rings is 1. The van der Waals surface area contributed by atoms with Crippen LogP contribution in [0.15, 0.2) is 18.2 Å². The van der Waals surface area contributed by atoms with Gasteiger partial charge in [-0.2, -0.15) is 0 Å². The van der Waals surface area contributed by atoms with Crippen LogP contribution in [0.25, 0.3) is 0 Å². The van der Waals surface area contributed by atoms with E-state index in [2.05, 4.69) is 0 Å². The zero-order chi connectivity index (χ0) is 16.0. The van der Waals surface area contributed by atoms with E-state index < -0.39 is 34.7 Å². The zero-order valence-electron chi connectivity index (χ0n) is 12.1. The standard InChI is InChI=1S/C16H14O7/c17-8-1-2-9-10(3-8)21-7-14(20)6-15-4-11(18)23-16(15,13(9)14)5-12(19)22-15/h1-3,13,17,20H,4-7H2/t13-,14-,15+,16+/m1/s1. The molecule has 4 aliphatic rings. The number of carbonyl (C=O) groups is 2. The number of aromatic hydroxyl groups is 1. The number of phenolic OH excluding ortho intramolecular Hbond substituents is 1. The second-order valence-electron chi connectivity index (χ2n) is 6.91. The van der Waals surface area contributed by atoms with Crippen LogP contribution in [0.5, 0.6) is 11.5 Å². The molecule has 7 heteroatoms. The van der Waals surface area contributed by atoms with Crippen molar-refractivity contribution in [3.63, 3.8) is 0 Å². The minimum Gasteiger partial charge on any atom is -0.508 e. The minimum atomic E-state index is -1.29. The van der Waals surface area contributed by atoms with Gasteiger partial charge in [-0.05, 0) is 6.07 Å². The fourth-order valence-corrected chi connectivity index (χ4v) is 4.97. The Morgan fingerprint density at radius 1 is 1.13 bits per heavy atom. The Balaban J connectivity index is 1.76. The normalized spacial score (nSPS) is 42.9. The molecule has 1 saturated carbocycles. The van der Waals surface area contributed by atoms with Crippen LogP contribution >= 0.6 is 0 Å². The monoisotopic (exact) mass is 318 g/mol. The molecule has 0 unspecified atom stereocenters. The fourth-order valence-electron chi connectivity index (χ4n) is 4.97. The summed E-state index contributed by atoms with van der Waals surface area (Å²) in [4.78, 5) is 23.9. The molecule has 120 valence electrons. The predicted molar refractivity (Wildman–Crippen MR) is 72.8 cm³/mol. The fraction of sp³-hybridized carbons (Fsp3) is 0.500. The molecule has 0 aromatic heterocycles. The number of aliphatic hydroxyl groups is 1. The molecular formula is C16H14O7. The van der Waals surface area contributed by atoms with E-state index in [4.69, 9.17) is 14.2 Å². The maximum absolute atomic E-state index is 11.9. The van der Waals surface area contributed by atoms with Crippen molar-refractivity contribution >= 4 is 11.9 Å². The Morgan fingerprint density at radius 2 is 1.91 bits per heavy atom. The number of fused-ring (bicyclic) bond motifs is 3. The van der Waals surface area contributed by atoms with Gasteiger partial charge in [0.05, 0.1) is 18.8 Å². The quantitative estimate of drug-likeness (QED) is 0.666. The van der Waals surface area contributed by atoms with Gasteiger partial charge in [-0.3, -0.25) is 9.59 Å². The molecule has 2 saturated heterocycles. The molecule has 5 rings (SSSR count). The summed E-state index contributed by atoms with van der Waals surface area (Å²) in [5, 5.41) is 20.8. The lowest BCUT2D eigenvalue weighted by Crippen LogP contribution is -2.50. The Hall–Kier alpha value is -2.28. The molecule has 7 nitrogen and oxygen atoms in total. The van der Waals surface area contributed by atoms with Gasteiger partial charge in [0.2, 0.25) is 0 Å². The lowest BCUT2D eigenvalue weighted by Gasteiger charge is -2.41. The summed E-state index contributed by atoms with van der Waals surface area (Å²) in [6.45, 7) is -0.00722. The SMILES string of the molecule is O=C1C[C@@]23OC(=O)C[C@@]2(C[C@@]2(O)COc4cc(O)ccc4[C@H]23)O1. The highest BCUT2D eigenvalue weighted by molar-refractivity contribution is 5.84. The summed E-state index contributed by atoms with van der Waals surface area (Å²) in [7, 11) is 0. The first-order valence-electron chi connectivity index (χ1n) is 7.49. The lowest BCUT2D eigenvalue weighted by atomic mass is 9.73. The number of hydrogen-bond acceptors (Lipinski definition) is 7. The lowest BCUT2D eigenvalue weighted by molar-refractivity contribution is -0.156. The third-order valence-electron chi connectivity index (χ3n) is 5.59.